The fourth-order valence-electron chi connectivity index (χ4n) is 2.74. The number of halogens is 4. The lowest BCUT2D eigenvalue weighted by atomic mass is 9.92. The molecule has 3 rings (SSSR count). The third-order valence-electron chi connectivity index (χ3n) is 3.78. The quantitative estimate of drug-likeness (QED) is 0.476. The fraction of sp³-hybridized carbons (Fsp3) is 0.500. The van der Waals surface area contributed by atoms with Gasteiger partial charge in [-0.25, -0.2) is 0 Å². The van der Waals surface area contributed by atoms with Crippen molar-refractivity contribution >= 4 is 21.7 Å². The molecule has 1 aromatic rings. The Balaban J connectivity index is 1.87. The summed E-state index contributed by atoms with van der Waals surface area (Å²) in [6, 6.07) is 4.21. The molecule has 8 heteroatoms. The van der Waals surface area contributed by atoms with Crippen LogP contribution in [0.25, 0.3) is 0 Å². The van der Waals surface area contributed by atoms with Crippen molar-refractivity contribution in [2.24, 2.45) is 5.92 Å². The van der Waals surface area contributed by atoms with E-state index in [1.807, 2.05) is 0 Å². The maximum Gasteiger partial charge on any atom is 0.534 e. The van der Waals surface area contributed by atoms with Gasteiger partial charge in [-0.15, -0.1) is 11.6 Å². The predicted molar refractivity (Wildman–Crippen MR) is 66.2 cm³/mol. The summed E-state index contributed by atoms with van der Waals surface area (Å²) in [6.45, 7) is 0. The first-order chi connectivity index (χ1) is 9.21. The van der Waals surface area contributed by atoms with Gasteiger partial charge in [0.2, 0.25) is 0 Å². The van der Waals surface area contributed by atoms with Crippen LogP contribution in [-0.2, 0) is 16.5 Å². The Hall–Kier alpha value is -0.950. The number of fused-ring (bicyclic) bond motifs is 3. The van der Waals surface area contributed by atoms with Crippen LogP contribution in [0.1, 0.15) is 23.5 Å². The van der Waals surface area contributed by atoms with Crippen molar-refractivity contribution in [1.29, 1.82) is 0 Å². The molecule has 0 saturated heterocycles. The van der Waals surface area contributed by atoms with Gasteiger partial charge in [0.05, 0.1) is 0 Å². The second kappa shape index (κ2) is 4.27. The molecule has 0 amide bonds. The minimum absolute atomic E-state index is 0.0712. The van der Waals surface area contributed by atoms with E-state index in [1.165, 1.54) is 12.1 Å². The summed E-state index contributed by atoms with van der Waals surface area (Å²) in [5, 5.41) is 0.0712. The molecule has 2 aliphatic rings. The Bertz CT molecular complexity index is 656. The van der Waals surface area contributed by atoms with Gasteiger partial charge in [-0.3, -0.25) is 0 Å². The average molecular weight is 327 g/mol. The predicted octanol–water partition coefficient (Wildman–Crippen LogP) is 3.18. The molecule has 0 heterocycles. The van der Waals surface area contributed by atoms with Crippen LogP contribution in [0.3, 0.4) is 0 Å². The maximum atomic E-state index is 12.2. The van der Waals surface area contributed by atoms with Crippen molar-refractivity contribution in [2.45, 2.75) is 29.6 Å². The van der Waals surface area contributed by atoms with E-state index in [-0.39, 0.29) is 17.0 Å². The normalized spacial score (nSPS) is 28.5. The number of hydrogen-bond donors (Lipinski definition) is 0. The van der Waals surface area contributed by atoms with Crippen LogP contribution in [0.4, 0.5) is 13.2 Å². The van der Waals surface area contributed by atoms with Gasteiger partial charge in [-0.1, -0.05) is 6.07 Å². The van der Waals surface area contributed by atoms with E-state index in [0.717, 1.165) is 17.5 Å². The van der Waals surface area contributed by atoms with Crippen molar-refractivity contribution in [3.05, 3.63) is 29.3 Å². The standard InChI is InChI=1S/C12H10ClF3O3S/c13-11-9-3-1-6-5-7(2-4-8(6)10(9)11)19-20(17,18)12(14,15)16/h2,4-5,9-11H,1,3H2. The van der Waals surface area contributed by atoms with E-state index in [1.54, 1.807) is 6.07 Å². The molecule has 0 radical (unpaired) electrons. The molecule has 0 bridgehead atoms. The molecule has 3 unspecified atom stereocenters. The number of benzene rings is 1. The molecule has 0 N–H and O–H groups in total. The summed E-state index contributed by atoms with van der Waals surface area (Å²) in [5.41, 5.74) is -3.63. The summed E-state index contributed by atoms with van der Waals surface area (Å²) in [5.74, 6) is 0.342. The molecule has 1 aromatic carbocycles. The van der Waals surface area contributed by atoms with Gasteiger partial charge in [-0.05, 0) is 42.0 Å². The van der Waals surface area contributed by atoms with Gasteiger partial charge in [0.25, 0.3) is 0 Å². The highest BCUT2D eigenvalue weighted by Crippen LogP contribution is 2.58. The Labute approximate surface area is 118 Å². The van der Waals surface area contributed by atoms with Gasteiger partial charge in [-0.2, -0.15) is 21.6 Å². The second-order valence-electron chi connectivity index (χ2n) is 5.02. The van der Waals surface area contributed by atoms with Crippen molar-refractivity contribution < 1.29 is 25.8 Å². The SMILES string of the molecule is O=S(=O)(Oc1ccc2c(c1)CCC1C(Cl)C21)C(F)(F)F. The topological polar surface area (TPSA) is 43.4 Å². The van der Waals surface area contributed by atoms with Crippen LogP contribution < -0.4 is 4.18 Å². The monoisotopic (exact) mass is 326 g/mol. The molecular weight excluding hydrogens is 317 g/mol. The Morgan fingerprint density at radius 2 is 2.00 bits per heavy atom. The number of hydrogen-bond acceptors (Lipinski definition) is 3. The molecule has 3 nitrogen and oxygen atoms in total. The van der Waals surface area contributed by atoms with Gasteiger partial charge in [0, 0.05) is 11.3 Å². The zero-order valence-electron chi connectivity index (χ0n) is 10.0. The van der Waals surface area contributed by atoms with Crippen molar-refractivity contribution in [3.8, 4) is 5.75 Å². The lowest BCUT2D eigenvalue weighted by Crippen LogP contribution is -2.28. The summed E-state index contributed by atoms with van der Waals surface area (Å²) >= 11 is 6.12. The smallest absolute Gasteiger partial charge is 0.376 e. The van der Waals surface area contributed by atoms with Crippen molar-refractivity contribution in [1.82, 2.24) is 0 Å². The van der Waals surface area contributed by atoms with Crippen molar-refractivity contribution in [2.75, 3.05) is 0 Å². The molecule has 1 fully saturated rings. The molecule has 0 aromatic heterocycles. The Morgan fingerprint density at radius 1 is 1.30 bits per heavy atom. The molecule has 2 aliphatic carbocycles. The summed E-state index contributed by atoms with van der Waals surface area (Å²) < 4.78 is 62.8. The van der Waals surface area contributed by atoms with Crippen LogP contribution in [0.2, 0.25) is 0 Å². The van der Waals surface area contributed by atoms with Gasteiger partial charge >= 0.3 is 15.6 Å². The van der Waals surface area contributed by atoms with E-state index >= 15 is 0 Å². The first-order valence-corrected chi connectivity index (χ1v) is 7.83. The first kappa shape index (κ1) is 14.0. The lowest BCUT2D eigenvalue weighted by molar-refractivity contribution is -0.0500. The third kappa shape index (κ3) is 2.16. The molecule has 20 heavy (non-hydrogen) atoms. The van der Waals surface area contributed by atoms with E-state index < -0.39 is 15.6 Å². The van der Waals surface area contributed by atoms with Gasteiger partial charge in [0.15, 0.2) is 0 Å². The molecule has 110 valence electrons. The fourth-order valence-corrected chi connectivity index (χ4v) is 3.72. The molecular formula is C12H10ClF3O3S. The van der Waals surface area contributed by atoms with Crippen LogP contribution >= 0.6 is 11.6 Å². The summed E-state index contributed by atoms with van der Waals surface area (Å²) in [4.78, 5) is 0. The second-order valence-corrected chi connectivity index (χ2v) is 7.06. The average Bonchev–Trinajstić information content (AvgIpc) is 2.98. The van der Waals surface area contributed by atoms with Crippen LogP contribution in [0, 0.1) is 5.92 Å². The minimum Gasteiger partial charge on any atom is -0.376 e. The van der Waals surface area contributed by atoms with Crippen molar-refractivity contribution in [3.63, 3.8) is 0 Å². The largest absolute Gasteiger partial charge is 0.534 e. The Kier molecular flexibility index (Phi) is 2.99. The molecule has 3 atom stereocenters. The van der Waals surface area contributed by atoms with Crippen LogP contribution in [-0.4, -0.2) is 19.3 Å². The van der Waals surface area contributed by atoms with Crippen LogP contribution in [0.5, 0.6) is 5.75 Å². The molecule has 0 spiro atoms. The molecule has 1 saturated carbocycles. The van der Waals surface area contributed by atoms with E-state index in [9.17, 15) is 21.6 Å². The van der Waals surface area contributed by atoms with E-state index in [2.05, 4.69) is 4.18 Å². The number of alkyl halides is 4. The first-order valence-electron chi connectivity index (χ1n) is 5.98. The van der Waals surface area contributed by atoms with Crippen LogP contribution in [0.15, 0.2) is 18.2 Å². The molecule has 0 aliphatic heterocycles. The highest BCUT2D eigenvalue weighted by atomic mass is 35.5. The minimum atomic E-state index is -5.62. The Morgan fingerprint density at radius 3 is 2.65 bits per heavy atom. The highest BCUT2D eigenvalue weighted by molar-refractivity contribution is 7.88. The lowest BCUT2D eigenvalue weighted by Gasteiger charge is -2.16. The van der Waals surface area contributed by atoms with Gasteiger partial charge in [0.1, 0.15) is 5.75 Å². The van der Waals surface area contributed by atoms with Gasteiger partial charge < -0.3 is 4.18 Å². The summed E-state index contributed by atoms with van der Waals surface area (Å²) in [6.07, 6.45) is 1.53. The zero-order chi connectivity index (χ0) is 14.7. The number of aryl methyl sites for hydroxylation is 1. The van der Waals surface area contributed by atoms with E-state index in [0.29, 0.717) is 12.3 Å². The maximum absolute atomic E-state index is 12.2. The zero-order valence-corrected chi connectivity index (χ0v) is 11.6. The third-order valence-corrected chi connectivity index (χ3v) is 5.36. The van der Waals surface area contributed by atoms with E-state index in [4.69, 9.17) is 11.6 Å². The highest BCUT2D eigenvalue weighted by Gasteiger charge is 2.52. The number of rotatable bonds is 2. The summed E-state index contributed by atoms with van der Waals surface area (Å²) in [7, 11) is -5.62.